The van der Waals surface area contributed by atoms with E-state index >= 15 is 0 Å². The normalized spacial score (nSPS) is 12.2. The first kappa shape index (κ1) is 25.4. The fourth-order valence-corrected chi connectivity index (χ4v) is 5.86. The van der Waals surface area contributed by atoms with Crippen LogP contribution in [0.5, 0.6) is 0 Å². The van der Waals surface area contributed by atoms with E-state index in [-0.39, 0.29) is 17.1 Å². The Morgan fingerprint density at radius 1 is 1.14 bits per heavy atom. The number of hydrogen-bond acceptors (Lipinski definition) is 6. The number of carbonyl (C=O) groups is 1. The second-order valence-corrected chi connectivity index (χ2v) is 10.5. The van der Waals surface area contributed by atoms with Gasteiger partial charge >= 0.3 is 0 Å². The maximum atomic E-state index is 13.4. The van der Waals surface area contributed by atoms with Crippen LogP contribution < -0.4 is 5.56 Å². The van der Waals surface area contributed by atoms with Crippen molar-refractivity contribution in [3.8, 4) is 10.4 Å². The molecule has 2 aromatic heterocycles. The Hall–Kier alpha value is -2.74. The molecule has 0 spiro atoms. The van der Waals surface area contributed by atoms with E-state index in [2.05, 4.69) is 13.8 Å². The molecule has 0 amide bonds. The van der Waals surface area contributed by atoms with Crippen molar-refractivity contribution in [2.75, 3.05) is 19.5 Å². The largest absolute Gasteiger partial charge is 0.385 e. The molecule has 4 rings (SSSR count). The number of ether oxygens (including phenoxy) is 1. The first-order chi connectivity index (χ1) is 17.0. The Kier molecular flexibility index (Phi) is 8.55. The summed E-state index contributed by atoms with van der Waals surface area (Å²) in [5.74, 6) is 0.721. The van der Waals surface area contributed by atoms with Crippen LogP contribution in [0.15, 0.2) is 70.6 Å². The van der Waals surface area contributed by atoms with Crippen molar-refractivity contribution in [1.82, 2.24) is 9.55 Å². The fraction of sp³-hybridized carbons (Fsp3) is 0.321. The molecule has 182 valence electrons. The molecule has 0 unspecified atom stereocenters. The number of nitrogens with zero attached hydrogens (tertiary/aromatic N) is 2. The summed E-state index contributed by atoms with van der Waals surface area (Å²) in [6, 6.07) is 19.8. The van der Waals surface area contributed by atoms with E-state index in [4.69, 9.17) is 9.72 Å². The van der Waals surface area contributed by atoms with E-state index in [0.29, 0.717) is 46.4 Å². The van der Waals surface area contributed by atoms with Gasteiger partial charge in [0.05, 0.1) is 11.1 Å². The molecule has 0 aliphatic rings. The van der Waals surface area contributed by atoms with Crippen molar-refractivity contribution in [3.63, 3.8) is 0 Å². The van der Waals surface area contributed by atoms with E-state index in [1.165, 1.54) is 28.7 Å². The summed E-state index contributed by atoms with van der Waals surface area (Å²) in [7, 11) is 1.65. The number of aromatic nitrogens is 2. The van der Waals surface area contributed by atoms with Gasteiger partial charge in [-0.3, -0.25) is 14.2 Å². The number of thiophene rings is 1. The predicted octanol–water partition coefficient (Wildman–Crippen LogP) is 6.65. The average molecular weight is 507 g/mol. The zero-order chi connectivity index (χ0) is 24.8. The molecule has 2 aromatic carbocycles. The molecule has 0 aliphatic carbocycles. The van der Waals surface area contributed by atoms with Crippen LogP contribution >= 0.6 is 23.1 Å². The zero-order valence-electron chi connectivity index (χ0n) is 20.3. The number of methoxy groups -OCH3 is 1. The van der Waals surface area contributed by atoms with Gasteiger partial charge in [-0.25, -0.2) is 4.98 Å². The molecule has 5 nitrogen and oxygen atoms in total. The minimum atomic E-state index is -0.0719. The Morgan fingerprint density at radius 2 is 1.89 bits per heavy atom. The monoisotopic (exact) mass is 506 g/mol. The number of Topliss-reactive ketones (excluding diaryl/α,β-unsaturated/α-hetero) is 1. The van der Waals surface area contributed by atoms with Gasteiger partial charge in [0.1, 0.15) is 4.83 Å². The van der Waals surface area contributed by atoms with Crippen LogP contribution in [0.4, 0.5) is 0 Å². The van der Waals surface area contributed by atoms with E-state index in [1.54, 1.807) is 11.7 Å². The van der Waals surface area contributed by atoms with Crippen LogP contribution in [0.3, 0.4) is 0 Å². The second kappa shape index (κ2) is 11.8. The quantitative estimate of drug-likeness (QED) is 0.0986. The molecule has 1 atom stereocenters. The highest BCUT2D eigenvalue weighted by Gasteiger charge is 2.17. The minimum absolute atomic E-state index is 0.0274. The third kappa shape index (κ3) is 5.92. The molecule has 35 heavy (non-hydrogen) atoms. The van der Waals surface area contributed by atoms with Gasteiger partial charge in [0.25, 0.3) is 5.56 Å². The summed E-state index contributed by atoms with van der Waals surface area (Å²) in [5.41, 5.74) is 2.91. The smallest absolute Gasteiger partial charge is 0.262 e. The fourth-order valence-electron chi connectivity index (χ4n) is 3.86. The van der Waals surface area contributed by atoms with Crippen LogP contribution in [0, 0.1) is 0 Å². The van der Waals surface area contributed by atoms with Gasteiger partial charge in [-0.15, -0.1) is 11.3 Å². The molecule has 2 heterocycles. The topological polar surface area (TPSA) is 61.2 Å². The third-order valence-electron chi connectivity index (χ3n) is 6.15. The molecule has 0 radical (unpaired) electrons. The van der Waals surface area contributed by atoms with Crippen LogP contribution in [-0.4, -0.2) is 34.8 Å². The van der Waals surface area contributed by atoms with Crippen molar-refractivity contribution in [1.29, 1.82) is 0 Å². The highest BCUT2D eigenvalue weighted by Crippen LogP contribution is 2.32. The Morgan fingerprint density at radius 3 is 2.57 bits per heavy atom. The molecule has 0 aliphatic heterocycles. The van der Waals surface area contributed by atoms with Crippen molar-refractivity contribution in [2.24, 2.45) is 0 Å². The Bertz CT molecular complexity index is 1340. The van der Waals surface area contributed by atoms with Gasteiger partial charge in [0.15, 0.2) is 10.9 Å². The van der Waals surface area contributed by atoms with E-state index in [9.17, 15) is 9.59 Å². The lowest BCUT2D eigenvalue weighted by Crippen LogP contribution is -2.24. The van der Waals surface area contributed by atoms with Gasteiger partial charge in [0.2, 0.25) is 0 Å². The summed E-state index contributed by atoms with van der Waals surface area (Å²) in [6.07, 6.45) is 1.75. The van der Waals surface area contributed by atoms with Crippen LogP contribution in [0.2, 0.25) is 0 Å². The van der Waals surface area contributed by atoms with Crippen LogP contribution in [0.25, 0.3) is 20.7 Å². The summed E-state index contributed by atoms with van der Waals surface area (Å²) in [5, 5.41) is 1.19. The highest BCUT2D eigenvalue weighted by molar-refractivity contribution is 7.99. The van der Waals surface area contributed by atoms with Gasteiger partial charge in [-0.05, 0) is 36.0 Å². The van der Waals surface area contributed by atoms with Gasteiger partial charge in [-0.2, -0.15) is 0 Å². The molecule has 7 heteroatoms. The van der Waals surface area contributed by atoms with Crippen molar-refractivity contribution in [2.45, 2.75) is 44.3 Å². The van der Waals surface area contributed by atoms with Crippen molar-refractivity contribution >= 4 is 39.1 Å². The predicted molar refractivity (Wildman–Crippen MR) is 146 cm³/mol. The highest BCUT2D eigenvalue weighted by atomic mass is 32.2. The maximum Gasteiger partial charge on any atom is 0.262 e. The molecule has 0 bridgehead atoms. The van der Waals surface area contributed by atoms with Crippen molar-refractivity contribution < 1.29 is 9.53 Å². The molecule has 0 saturated heterocycles. The second-order valence-electron chi connectivity index (χ2n) is 8.54. The van der Waals surface area contributed by atoms with Crippen molar-refractivity contribution in [3.05, 3.63) is 82.1 Å². The standard InChI is InChI=1S/C28H30N2O3S2/c1-4-19(2)20-11-13-21(14-12-20)24(31)18-34-28-29-26-23(27(32)30(28)15-8-16-33-3)17-25(35-26)22-9-6-5-7-10-22/h5-7,9-14,17,19H,4,8,15-16,18H2,1-3H3/t19-/m0/s1. The van der Waals surface area contributed by atoms with Gasteiger partial charge < -0.3 is 4.74 Å². The number of thioether (sulfide) groups is 1. The van der Waals surface area contributed by atoms with Gasteiger partial charge in [-0.1, -0.05) is 80.2 Å². The summed E-state index contributed by atoms with van der Waals surface area (Å²) in [4.78, 5) is 32.9. The third-order valence-corrected chi connectivity index (χ3v) is 8.21. The molecular weight excluding hydrogens is 476 g/mol. The number of hydrogen-bond donors (Lipinski definition) is 0. The Labute approximate surface area is 214 Å². The lowest BCUT2D eigenvalue weighted by Gasteiger charge is -2.12. The zero-order valence-corrected chi connectivity index (χ0v) is 22.0. The molecule has 0 saturated carbocycles. The summed E-state index contributed by atoms with van der Waals surface area (Å²) in [6.45, 7) is 5.39. The summed E-state index contributed by atoms with van der Waals surface area (Å²) < 4.78 is 6.88. The number of fused-ring (bicyclic) bond motifs is 1. The molecule has 0 fully saturated rings. The first-order valence-corrected chi connectivity index (χ1v) is 13.7. The van der Waals surface area contributed by atoms with Crippen LogP contribution in [-0.2, 0) is 11.3 Å². The number of benzene rings is 2. The lowest BCUT2D eigenvalue weighted by molar-refractivity contribution is 0.102. The molecular formula is C28H30N2O3S2. The van der Waals surface area contributed by atoms with E-state index in [0.717, 1.165) is 16.9 Å². The number of rotatable bonds is 11. The number of ketones is 1. The lowest BCUT2D eigenvalue weighted by atomic mass is 9.97. The van der Waals surface area contributed by atoms with E-state index < -0.39 is 0 Å². The minimum Gasteiger partial charge on any atom is -0.385 e. The van der Waals surface area contributed by atoms with Crippen LogP contribution in [0.1, 0.15) is 48.5 Å². The maximum absolute atomic E-state index is 13.4. The SMILES string of the molecule is CC[C@H](C)c1ccc(C(=O)CSc2nc3sc(-c4ccccc4)cc3c(=O)n2CCCOC)cc1. The first-order valence-electron chi connectivity index (χ1n) is 11.9. The average Bonchev–Trinajstić information content (AvgIpc) is 3.33. The Balaban J connectivity index is 1.61. The number of carbonyl (C=O) groups excluding carboxylic acids is 1. The van der Waals surface area contributed by atoms with Gasteiger partial charge in [0, 0.05) is 30.7 Å². The molecule has 0 N–H and O–H groups in total. The van der Waals surface area contributed by atoms with E-state index in [1.807, 2.05) is 60.7 Å². The summed E-state index contributed by atoms with van der Waals surface area (Å²) >= 11 is 2.83. The molecule has 4 aromatic rings.